The summed E-state index contributed by atoms with van der Waals surface area (Å²) < 4.78 is 0. The summed E-state index contributed by atoms with van der Waals surface area (Å²) in [5.74, 6) is 0. The minimum atomic E-state index is 0.205. The average molecular weight is 204 g/mol. The lowest BCUT2D eigenvalue weighted by molar-refractivity contribution is 0.220. The highest BCUT2D eigenvalue weighted by molar-refractivity contribution is 5.22. The van der Waals surface area contributed by atoms with Crippen molar-refractivity contribution in [1.82, 2.24) is 5.32 Å². The van der Waals surface area contributed by atoms with Gasteiger partial charge in [0.1, 0.15) is 0 Å². The molecule has 0 radical (unpaired) electrons. The van der Waals surface area contributed by atoms with Crippen LogP contribution in [0.25, 0.3) is 0 Å². The van der Waals surface area contributed by atoms with Crippen LogP contribution in [0.1, 0.15) is 38.3 Å². The SMILES string of the molecule is CC1(C)CC[C@H](N)[C@H](c2ccccc2)N1. The molecule has 1 saturated heterocycles. The van der Waals surface area contributed by atoms with Crippen molar-refractivity contribution in [2.75, 3.05) is 0 Å². The number of hydrogen-bond acceptors (Lipinski definition) is 2. The van der Waals surface area contributed by atoms with E-state index < -0.39 is 0 Å². The van der Waals surface area contributed by atoms with Crippen molar-refractivity contribution in [3.8, 4) is 0 Å². The lowest BCUT2D eigenvalue weighted by Gasteiger charge is -2.41. The molecule has 1 heterocycles. The van der Waals surface area contributed by atoms with E-state index in [4.69, 9.17) is 5.73 Å². The minimum Gasteiger partial charge on any atom is -0.326 e. The number of hydrogen-bond donors (Lipinski definition) is 2. The fourth-order valence-corrected chi connectivity index (χ4v) is 2.29. The maximum atomic E-state index is 6.17. The van der Waals surface area contributed by atoms with Gasteiger partial charge in [-0.25, -0.2) is 0 Å². The van der Waals surface area contributed by atoms with Crippen LogP contribution in [0.15, 0.2) is 30.3 Å². The van der Waals surface area contributed by atoms with Crippen LogP contribution in [0.3, 0.4) is 0 Å². The van der Waals surface area contributed by atoms with E-state index in [9.17, 15) is 0 Å². The molecule has 1 aromatic rings. The molecule has 0 spiro atoms. The molecule has 1 aromatic carbocycles. The van der Waals surface area contributed by atoms with Gasteiger partial charge < -0.3 is 11.1 Å². The van der Waals surface area contributed by atoms with E-state index in [1.54, 1.807) is 0 Å². The molecule has 3 N–H and O–H groups in total. The predicted octanol–water partition coefficient (Wildman–Crippen LogP) is 2.22. The third kappa shape index (κ3) is 2.39. The second-order valence-electron chi connectivity index (χ2n) is 5.12. The van der Waals surface area contributed by atoms with Crippen molar-refractivity contribution < 1.29 is 0 Å². The number of piperidine rings is 1. The number of nitrogens with two attached hydrogens (primary N) is 1. The molecule has 15 heavy (non-hydrogen) atoms. The normalized spacial score (nSPS) is 30.1. The lowest BCUT2D eigenvalue weighted by Crippen LogP contribution is -2.53. The summed E-state index contributed by atoms with van der Waals surface area (Å²) in [5, 5.41) is 3.63. The molecule has 1 fully saturated rings. The Morgan fingerprint density at radius 3 is 2.60 bits per heavy atom. The van der Waals surface area contributed by atoms with Crippen molar-refractivity contribution in [2.24, 2.45) is 5.73 Å². The van der Waals surface area contributed by atoms with Crippen molar-refractivity contribution in [3.63, 3.8) is 0 Å². The largest absolute Gasteiger partial charge is 0.326 e. The van der Waals surface area contributed by atoms with E-state index >= 15 is 0 Å². The molecule has 2 rings (SSSR count). The van der Waals surface area contributed by atoms with Gasteiger partial charge in [-0.15, -0.1) is 0 Å². The van der Waals surface area contributed by atoms with E-state index in [1.807, 2.05) is 6.07 Å². The van der Waals surface area contributed by atoms with Gasteiger partial charge in [0, 0.05) is 17.6 Å². The Morgan fingerprint density at radius 1 is 1.27 bits per heavy atom. The lowest BCUT2D eigenvalue weighted by atomic mass is 9.83. The maximum absolute atomic E-state index is 6.17. The maximum Gasteiger partial charge on any atom is 0.0477 e. The third-order valence-electron chi connectivity index (χ3n) is 3.24. The van der Waals surface area contributed by atoms with Gasteiger partial charge in [-0.05, 0) is 32.3 Å². The number of rotatable bonds is 1. The standard InChI is InChI=1S/C13H20N2/c1-13(2)9-8-11(14)12(15-13)10-6-4-3-5-7-10/h3-7,11-12,15H,8-9,14H2,1-2H3/t11-,12-/m0/s1. The summed E-state index contributed by atoms with van der Waals surface area (Å²) in [7, 11) is 0. The Kier molecular flexibility index (Phi) is 2.81. The monoisotopic (exact) mass is 204 g/mol. The summed E-state index contributed by atoms with van der Waals surface area (Å²) in [6, 6.07) is 11.0. The Balaban J connectivity index is 2.20. The van der Waals surface area contributed by atoms with E-state index in [0.29, 0.717) is 6.04 Å². The van der Waals surface area contributed by atoms with Crippen molar-refractivity contribution in [1.29, 1.82) is 0 Å². The quantitative estimate of drug-likeness (QED) is 0.736. The molecule has 82 valence electrons. The molecular formula is C13H20N2. The fraction of sp³-hybridized carbons (Fsp3) is 0.538. The molecule has 0 aliphatic carbocycles. The van der Waals surface area contributed by atoms with Gasteiger partial charge in [0.2, 0.25) is 0 Å². The first-order chi connectivity index (χ1) is 7.08. The van der Waals surface area contributed by atoms with Crippen LogP contribution < -0.4 is 11.1 Å². The third-order valence-corrected chi connectivity index (χ3v) is 3.24. The summed E-state index contributed by atoms with van der Waals surface area (Å²) >= 11 is 0. The molecule has 2 heteroatoms. The first-order valence-corrected chi connectivity index (χ1v) is 5.67. The second-order valence-corrected chi connectivity index (χ2v) is 5.12. The van der Waals surface area contributed by atoms with Crippen LogP contribution in [0.2, 0.25) is 0 Å². The Labute approximate surface area is 91.9 Å². The van der Waals surface area contributed by atoms with E-state index in [0.717, 1.165) is 12.8 Å². The highest BCUT2D eigenvalue weighted by Gasteiger charge is 2.32. The van der Waals surface area contributed by atoms with Gasteiger partial charge >= 0.3 is 0 Å². The molecule has 0 saturated carbocycles. The summed E-state index contributed by atoms with van der Waals surface area (Å²) in [5.41, 5.74) is 7.68. The first kappa shape index (κ1) is 10.7. The molecular weight excluding hydrogens is 184 g/mol. The minimum absolute atomic E-state index is 0.205. The van der Waals surface area contributed by atoms with Gasteiger partial charge in [0.15, 0.2) is 0 Å². The molecule has 0 amide bonds. The topological polar surface area (TPSA) is 38.0 Å². The van der Waals surface area contributed by atoms with E-state index in [2.05, 4.69) is 43.4 Å². The van der Waals surface area contributed by atoms with Crippen LogP contribution >= 0.6 is 0 Å². The Bertz CT molecular complexity index is 319. The van der Waals surface area contributed by atoms with Gasteiger partial charge in [-0.2, -0.15) is 0 Å². The molecule has 0 unspecified atom stereocenters. The van der Waals surface area contributed by atoms with E-state index in [-0.39, 0.29) is 11.6 Å². The molecule has 2 atom stereocenters. The molecule has 2 nitrogen and oxygen atoms in total. The summed E-state index contributed by atoms with van der Waals surface area (Å²) in [6.45, 7) is 4.49. The van der Waals surface area contributed by atoms with E-state index in [1.165, 1.54) is 5.56 Å². The average Bonchev–Trinajstić information content (AvgIpc) is 2.23. The zero-order valence-corrected chi connectivity index (χ0v) is 9.53. The van der Waals surface area contributed by atoms with Crippen molar-refractivity contribution in [3.05, 3.63) is 35.9 Å². The molecule has 1 aliphatic rings. The van der Waals surface area contributed by atoms with Crippen molar-refractivity contribution >= 4 is 0 Å². The smallest absolute Gasteiger partial charge is 0.0477 e. The van der Waals surface area contributed by atoms with Crippen LogP contribution in [0, 0.1) is 0 Å². The highest BCUT2D eigenvalue weighted by atomic mass is 15.0. The molecule has 0 aromatic heterocycles. The number of nitrogens with one attached hydrogen (secondary N) is 1. The van der Waals surface area contributed by atoms with Crippen molar-refractivity contribution in [2.45, 2.75) is 44.3 Å². The Hall–Kier alpha value is -0.860. The zero-order chi connectivity index (χ0) is 10.9. The number of benzene rings is 1. The first-order valence-electron chi connectivity index (χ1n) is 5.67. The molecule has 1 aliphatic heterocycles. The van der Waals surface area contributed by atoms with Crippen LogP contribution in [0.5, 0.6) is 0 Å². The second kappa shape index (κ2) is 3.95. The summed E-state index contributed by atoms with van der Waals surface area (Å²) in [4.78, 5) is 0. The van der Waals surface area contributed by atoms with Gasteiger partial charge in [-0.1, -0.05) is 30.3 Å². The highest BCUT2D eigenvalue weighted by Crippen LogP contribution is 2.29. The predicted molar refractivity (Wildman–Crippen MR) is 63.6 cm³/mol. The van der Waals surface area contributed by atoms with Gasteiger partial charge in [-0.3, -0.25) is 0 Å². The zero-order valence-electron chi connectivity index (χ0n) is 9.53. The van der Waals surface area contributed by atoms with Crippen LogP contribution in [0.4, 0.5) is 0 Å². The summed E-state index contributed by atoms with van der Waals surface area (Å²) in [6.07, 6.45) is 2.25. The van der Waals surface area contributed by atoms with Gasteiger partial charge in [0.05, 0.1) is 0 Å². The molecule has 0 bridgehead atoms. The van der Waals surface area contributed by atoms with Crippen LogP contribution in [-0.4, -0.2) is 11.6 Å². The fourth-order valence-electron chi connectivity index (χ4n) is 2.29. The Morgan fingerprint density at radius 2 is 1.93 bits per heavy atom. The van der Waals surface area contributed by atoms with Crippen LogP contribution in [-0.2, 0) is 0 Å². The van der Waals surface area contributed by atoms with Gasteiger partial charge in [0.25, 0.3) is 0 Å².